The van der Waals surface area contributed by atoms with Crippen molar-refractivity contribution in [3.05, 3.63) is 116 Å². The summed E-state index contributed by atoms with van der Waals surface area (Å²) in [6.07, 6.45) is 3.61. The monoisotopic (exact) mass is 460 g/mol. The van der Waals surface area contributed by atoms with E-state index in [4.69, 9.17) is 0 Å². The van der Waals surface area contributed by atoms with Crippen LogP contribution in [0.1, 0.15) is 16.7 Å². The largest absolute Gasteiger partial charge is 0.276 e. The van der Waals surface area contributed by atoms with Gasteiger partial charge in [-0.15, -0.1) is 0 Å². The first kappa shape index (κ1) is 19.8. The molecule has 0 bridgehead atoms. The Morgan fingerprint density at radius 2 is 1.70 bits per heavy atom. The van der Waals surface area contributed by atoms with Crippen LogP contribution in [0.5, 0.6) is 0 Å². The number of non-ortho nitro benzene ring substituents is 1. The van der Waals surface area contributed by atoms with Crippen molar-refractivity contribution in [3.8, 4) is 0 Å². The molecule has 30 heavy (non-hydrogen) atoms. The van der Waals surface area contributed by atoms with E-state index in [0.29, 0.717) is 5.57 Å². The van der Waals surface area contributed by atoms with Crippen molar-refractivity contribution >= 4 is 45.0 Å². The molecule has 0 atom stereocenters. The van der Waals surface area contributed by atoms with Gasteiger partial charge in [0.1, 0.15) is 0 Å². The van der Waals surface area contributed by atoms with E-state index in [-0.39, 0.29) is 11.6 Å². The molecule has 1 heterocycles. The zero-order valence-corrected chi connectivity index (χ0v) is 17.7. The number of amides is 1. The summed E-state index contributed by atoms with van der Waals surface area (Å²) in [6.45, 7) is 1.97. The smallest absolute Gasteiger partial charge is 0.269 e. The van der Waals surface area contributed by atoms with Gasteiger partial charge < -0.3 is 0 Å². The summed E-state index contributed by atoms with van der Waals surface area (Å²) in [7, 11) is 0. The molecule has 1 aliphatic rings. The topological polar surface area (TPSA) is 63.5 Å². The van der Waals surface area contributed by atoms with Crippen molar-refractivity contribution < 1.29 is 9.72 Å². The van der Waals surface area contributed by atoms with Gasteiger partial charge in [-0.25, -0.2) is 0 Å². The molecule has 6 heteroatoms. The summed E-state index contributed by atoms with van der Waals surface area (Å²) in [6, 6.07) is 21.7. The molecule has 0 saturated heterocycles. The molecular weight excluding hydrogens is 444 g/mol. The van der Waals surface area contributed by atoms with Gasteiger partial charge in [-0.1, -0.05) is 46.3 Å². The molecule has 0 saturated carbocycles. The Bertz CT molecular complexity index is 1200. The van der Waals surface area contributed by atoms with Crippen LogP contribution in [0.2, 0.25) is 0 Å². The van der Waals surface area contributed by atoms with Crippen LogP contribution < -0.4 is 4.90 Å². The number of hydrogen-bond donors (Lipinski definition) is 0. The Hall–Kier alpha value is -3.51. The van der Waals surface area contributed by atoms with Crippen molar-refractivity contribution in [2.45, 2.75) is 6.92 Å². The van der Waals surface area contributed by atoms with Crippen molar-refractivity contribution in [1.29, 1.82) is 0 Å². The highest BCUT2D eigenvalue weighted by Gasteiger charge is 2.31. The summed E-state index contributed by atoms with van der Waals surface area (Å²) in [5, 5.41) is 10.9. The van der Waals surface area contributed by atoms with E-state index in [1.807, 2.05) is 61.5 Å². The average molecular weight is 461 g/mol. The number of nitro benzene ring substituents is 1. The Balaban J connectivity index is 1.80. The van der Waals surface area contributed by atoms with Crippen molar-refractivity contribution in [2.75, 3.05) is 4.90 Å². The predicted molar refractivity (Wildman–Crippen MR) is 122 cm³/mol. The van der Waals surface area contributed by atoms with Crippen LogP contribution in [0.4, 0.5) is 11.4 Å². The second kappa shape index (κ2) is 8.08. The summed E-state index contributed by atoms with van der Waals surface area (Å²) in [5.74, 6) is -0.141. The number of benzene rings is 3. The highest BCUT2D eigenvalue weighted by atomic mass is 79.9. The number of halogens is 1. The van der Waals surface area contributed by atoms with Gasteiger partial charge in [-0.2, -0.15) is 0 Å². The average Bonchev–Trinajstić information content (AvgIpc) is 3.05. The number of anilines is 1. The van der Waals surface area contributed by atoms with Gasteiger partial charge >= 0.3 is 0 Å². The SMILES string of the molecule is Cc1cc(Br)ccc1N1C(=O)/C(=C/c2ccc([N+](=O)[O-])cc2)C=C1c1ccccc1. The van der Waals surface area contributed by atoms with Gasteiger partial charge in [0.2, 0.25) is 0 Å². The summed E-state index contributed by atoms with van der Waals surface area (Å²) < 4.78 is 0.947. The number of hydrogen-bond acceptors (Lipinski definition) is 3. The summed E-state index contributed by atoms with van der Waals surface area (Å²) in [5.41, 5.74) is 4.76. The second-order valence-corrected chi connectivity index (χ2v) is 7.83. The van der Waals surface area contributed by atoms with Crippen LogP contribution in [-0.2, 0) is 4.79 Å². The molecule has 0 aromatic heterocycles. The molecule has 5 nitrogen and oxygen atoms in total. The highest BCUT2D eigenvalue weighted by molar-refractivity contribution is 9.10. The number of rotatable bonds is 4. The lowest BCUT2D eigenvalue weighted by atomic mass is 10.1. The van der Waals surface area contributed by atoms with Gasteiger partial charge in [0, 0.05) is 22.2 Å². The second-order valence-electron chi connectivity index (χ2n) is 6.92. The number of aryl methyl sites for hydroxylation is 1. The van der Waals surface area contributed by atoms with Gasteiger partial charge in [-0.05, 0) is 66.1 Å². The third-order valence-electron chi connectivity index (χ3n) is 4.88. The molecule has 0 unspecified atom stereocenters. The number of carbonyl (C=O) groups is 1. The molecule has 0 N–H and O–H groups in total. The van der Waals surface area contributed by atoms with E-state index >= 15 is 0 Å². The molecule has 4 rings (SSSR count). The maximum Gasteiger partial charge on any atom is 0.269 e. The Labute approximate surface area is 182 Å². The standard InChI is InChI=1S/C24H17BrN2O3/c1-16-13-20(25)9-12-22(16)26-23(18-5-3-2-4-6-18)15-19(24(26)28)14-17-7-10-21(11-8-17)27(29)30/h2-15H,1H3/b19-14+. The van der Waals surface area contributed by atoms with E-state index in [0.717, 1.165) is 32.5 Å². The van der Waals surface area contributed by atoms with Crippen molar-refractivity contribution in [3.63, 3.8) is 0 Å². The minimum Gasteiger partial charge on any atom is -0.276 e. The van der Waals surface area contributed by atoms with Crippen LogP contribution in [0.3, 0.4) is 0 Å². The van der Waals surface area contributed by atoms with E-state index in [9.17, 15) is 14.9 Å². The molecule has 3 aromatic carbocycles. The lowest BCUT2D eigenvalue weighted by Gasteiger charge is -2.23. The minimum absolute atomic E-state index is 0.0162. The van der Waals surface area contributed by atoms with Gasteiger partial charge in [0.25, 0.3) is 11.6 Å². The van der Waals surface area contributed by atoms with E-state index < -0.39 is 4.92 Å². The highest BCUT2D eigenvalue weighted by Crippen LogP contribution is 2.37. The molecule has 1 aliphatic heterocycles. The Kier molecular flexibility index (Phi) is 5.33. The van der Waals surface area contributed by atoms with Crippen LogP contribution in [-0.4, -0.2) is 10.8 Å². The lowest BCUT2D eigenvalue weighted by molar-refractivity contribution is -0.384. The van der Waals surface area contributed by atoms with Gasteiger partial charge in [-0.3, -0.25) is 19.8 Å². The van der Waals surface area contributed by atoms with Gasteiger partial charge in [0.15, 0.2) is 0 Å². The molecule has 0 fully saturated rings. The zero-order chi connectivity index (χ0) is 21.3. The van der Waals surface area contributed by atoms with Gasteiger partial charge in [0.05, 0.1) is 16.3 Å². The van der Waals surface area contributed by atoms with E-state index in [1.165, 1.54) is 12.1 Å². The molecule has 0 aliphatic carbocycles. The van der Waals surface area contributed by atoms with Crippen LogP contribution in [0.25, 0.3) is 11.8 Å². The first-order chi connectivity index (χ1) is 14.4. The maximum atomic E-state index is 13.4. The minimum atomic E-state index is -0.441. The number of nitro groups is 1. The zero-order valence-electron chi connectivity index (χ0n) is 16.1. The fourth-order valence-electron chi connectivity index (χ4n) is 3.42. The predicted octanol–water partition coefficient (Wildman–Crippen LogP) is 6.14. The van der Waals surface area contributed by atoms with E-state index in [1.54, 1.807) is 23.1 Å². The Morgan fingerprint density at radius 3 is 2.33 bits per heavy atom. The molecule has 1 amide bonds. The van der Waals surface area contributed by atoms with Crippen LogP contribution >= 0.6 is 15.9 Å². The third kappa shape index (κ3) is 3.82. The number of nitrogens with zero attached hydrogens (tertiary/aromatic N) is 2. The molecule has 0 spiro atoms. The quantitative estimate of drug-likeness (QED) is 0.267. The Morgan fingerprint density at radius 1 is 1.00 bits per heavy atom. The summed E-state index contributed by atoms with van der Waals surface area (Å²) in [4.78, 5) is 25.5. The van der Waals surface area contributed by atoms with Crippen molar-refractivity contribution in [1.82, 2.24) is 0 Å². The third-order valence-corrected chi connectivity index (χ3v) is 5.37. The molecule has 148 valence electrons. The first-order valence-electron chi connectivity index (χ1n) is 9.28. The van der Waals surface area contributed by atoms with Crippen LogP contribution in [0.15, 0.2) is 88.9 Å². The molecule has 0 radical (unpaired) electrons. The lowest BCUT2D eigenvalue weighted by Crippen LogP contribution is -2.25. The molecular formula is C24H17BrN2O3. The fourth-order valence-corrected chi connectivity index (χ4v) is 3.89. The maximum absolute atomic E-state index is 13.4. The normalized spacial score (nSPS) is 14.9. The first-order valence-corrected chi connectivity index (χ1v) is 10.1. The fraction of sp³-hybridized carbons (Fsp3) is 0.0417. The van der Waals surface area contributed by atoms with E-state index in [2.05, 4.69) is 15.9 Å². The van der Waals surface area contributed by atoms with Crippen LogP contribution in [0, 0.1) is 17.0 Å². The number of carbonyl (C=O) groups excluding carboxylic acids is 1. The summed E-state index contributed by atoms with van der Waals surface area (Å²) >= 11 is 3.47. The molecule has 3 aromatic rings. The van der Waals surface area contributed by atoms with Crippen molar-refractivity contribution in [2.24, 2.45) is 0 Å².